The molecule has 0 N–H and O–H groups in total. The van der Waals surface area contributed by atoms with Crippen molar-refractivity contribution in [2.45, 2.75) is 20.0 Å². The van der Waals surface area contributed by atoms with E-state index in [-0.39, 0.29) is 16.6 Å². The minimum Gasteiger partial charge on any atom is -0.367 e. The van der Waals surface area contributed by atoms with Crippen LogP contribution in [0.25, 0.3) is 0 Å². The number of nitrogens with zero attached hydrogens (tertiary/aromatic N) is 1. The van der Waals surface area contributed by atoms with Gasteiger partial charge in [0.2, 0.25) is 0 Å². The van der Waals surface area contributed by atoms with Gasteiger partial charge < -0.3 is 4.74 Å². The molecular formula is C14H21NO2S. The van der Waals surface area contributed by atoms with Gasteiger partial charge in [-0.15, -0.1) is 0 Å². The van der Waals surface area contributed by atoms with Crippen LogP contribution in [0.15, 0.2) is 34.7 Å². The molecule has 1 amide bonds. The zero-order valence-corrected chi connectivity index (χ0v) is 12.2. The van der Waals surface area contributed by atoms with Crippen LogP contribution >= 0.6 is 0 Å². The molecule has 0 aromatic heterocycles. The summed E-state index contributed by atoms with van der Waals surface area (Å²) in [5.41, 5.74) is 0.857. The Morgan fingerprint density at radius 2 is 1.94 bits per heavy atom. The van der Waals surface area contributed by atoms with Crippen molar-refractivity contribution in [1.82, 2.24) is 0 Å². The Kier molecular flexibility index (Phi) is 6.22. The van der Waals surface area contributed by atoms with Gasteiger partial charge in [-0.25, -0.2) is 0 Å². The number of benzene rings is 1. The lowest BCUT2D eigenvalue weighted by Crippen LogP contribution is -2.14. The predicted octanol–water partition coefficient (Wildman–Crippen LogP) is 2.99. The molecule has 3 nitrogen and oxygen atoms in total. The first-order valence-corrected chi connectivity index (χ1v) is 7.76. The summed E-state index contributed by atoms with van der Waals surface area (Å²) in [6.07, 6.45) is 1.42. The summed E-state index contributed by atoms with van der Waals surface area (Å²) in [5.74, 6) is 1.31. The molecule has 2 atom stereocenters. The topological polar surface area (TPSA) is 38.7 Å². The fourth-order valence-electron chi connectivity index (χ4n) is 1.73. The smallest absolute Gasteiger partial charge is 0.285 e. The van der Waals surface area contributed by atoms with Crippen molar-refractivity contribution in [3.8, 4) is 0 Å². The molecule has 0 radical (unpaired) electrons. The molecule has 0 saturated heterocycles. The number of hydrogen-bond acceptors (Lipinski definition) is 2. The van der Waals surface area contributed by atoms with Crippen LogP contribution in [0, 0.1) is 5.92 Å². The van der Waals surface area contributed by atoms with E-state index in [0.29, 0.717) is 5.92 Å². The van der Waals surface area contributed by atoms with Crippen LogP contribution < -0.4 is 0 Å². The van der Waals surface area contributed by atoms with Gasteiger partial charge in [0.25, 0.3) is 5.91 Å². The van der Waals surface area contributed by atoms with Crippen LogP contribution in [0.2, 0.25) is 0 Å². The van der Waals surface area contributed by atoms with Gasteiger partial charge in [-0.05, 0) is 17.7 Å². The summed E-state index contributed by atoms with van der Waals surface area (Å²) >= 11 is 0. The highest BCUT2D eigenvalue weighted by Gasteiger charge is 2.19. The maximum absolute atomic E-state index is 12.1. The van der Waals surface area contributed by atoms with Crippen LogP contribution in [0.3, 0.4) is 0 Å². The highest BCUT2D eigenvalue weighted by Crippen LogP contribution is 2.18. The van der Waals surface area contributed by atoms with E-state index >= 15 is 0 Å². The normalized spacial score (nSPS) is 14.7. The van der Waals surface area contributed by atoms with Crippen LogP contribution in [0.5, 0.6) is 0 Å². The minimum absolute atomic E-state index is 0.185. The Balaban J connectivity index is 2.81. The van der Waals surface area contributed by atoms with E-state index in [1.54, 1.807) is 7.11 Å². The fourth-order valence-corrected chi connectivity index (χ4v) is 3.17. The van der Waals surface area contributed by atoms with E-state index < -0.39 is 6.10 Å². The second-order valence-electron chi connectivity index (χ2n) is 4.62. The lowest BCUT2D eigenvalue weighted by Gasteiger charge is -2.12. The third-order valence-electron chi connectivity index (χ3n) is 2.38. The van der Waals surface area contributed by atoms with Gasteiger partial charge >= 0.3 is 0 Å². The Bertz CT molecular complexity index is 415. The second-order valence-corrected chi connectivity index (χ2v) is 6.33. The monoisotopic (exact) mass is 267 g/mol. The van der Waals surface area contributed by atoms with E-state index in [0.717, 1.165) is 11.3 Å². The van der Waals surface area contributed by atoms with Crippen molar-refractivity contribution < 1.29 is 9.53 Å². The third kappa shape index (κ3) is 4.70. The summed E-state index contributed by atoms with van der Waals surface area (Å²) in [7, 11) is 1.31. The maximum Gasteiger partial charge on any atom is 0.285 e. The van der Waals surface area contributed by atoms with Gasteiger partial charge in [0.05, 0.1) is 0 Å². The maximum atomic E-state index is 12.1. The first-order valence-electron chi connectivity index (χ1n) is 6.00. The molecule has 0 aliphatic heterocycles. The van der Waals surface area contributed by atoms with Gasteiger partial charge in [-0.1, -0.05) is 54.9 Å². The lowest BCUT2D eigenvalue weighted by molar-refractivity contribution is -0.127. The summed E-state index contributed by atoms with van der Waals surface area (Å²) < 4.78 is 9.49. The van der Waals surface area contributed by atoms with E-state index in [4.69, 9.17) is 4.74 Å². The molecule has 1 unspecified atom stereocenters. The molecule has 0 saturated carbocycles. The summed E-state index contributed by atoms with van der Waals surface area (Å²) in [6.45, 7) is 4.27. The summed E-state index contributed by atoms with van der Waals surface area (Å²) in [4.78, 5) is 12.1. The Hall–Kier alpha value is -1.00. The standard InChI is InChI=1S/C14H21NO2S/c1-11(2)10-18(4)15-14(16)13(17-3)12-8-6-5-7-9-12/h5-9,11,13H,10H2,1-4H3/t13-,18?/m0/s1. The third-order valence-corrected chi connectivity index (χ3v) is 4.02. The van der Waals surface area contributed by atoms with E-state index in [9.17, 15) is 4.79 Å². The summed E-state index contributed by atoms with van der Waals surface area (Å²) in [5, 5.41) is 0. The summed E-state index contributed by atoms with van der Waals surface area (Å²) in [6, 6.07) is 9.49. The Morgan fingerprint density at radius 3 is 2.44 bits per heavy atom. The van der Waals surface area contributed by atoms with Crippen molar-refractivity contribution in [3.05, 3.63) is 35.9 Å². The number of hydrogen-bond donors (Lipinski definition) is 0. The van der Waals surface area contributed by atoms with E-state index in [1.165, 1.54) is 0 Å². The van der Waals surface area contributed by atoms with Crippen LogP contribution in [-0.2, 0) is 20.2 Å². The quantitative estimate of drug-likeness (QED) is 0.822. The molecule has 0 aliphatic rings. The Morgan fingerprint density at radius 1 is 1.33 bits per heavy atom. The first kappa shape index (κ1) is 15.1. The molecule has 100 valence electrons. The number of ether oxygens (including phenoxy) is 1. The molecule has 1 rings (SSSR count). The SMILES string of the molecule is CO[C@H](C(=O)N=S(C)CC(C)C)c1ccccc1. The molecule has 0 aliphatic carbocycles. The second kappa shape index (κ2) is 7.44. The van der Waals surface area contributed by atoms with E-state index in [2.05, 4.69) is 18.2 Å². The lowest BCUT2D eigenvalue weighted by atomic mass is 10.1. The highest BCUT2D eigenvalue weighted by atomic mass is 32.2. The largest absolute Gasteiger partial charge is 0.367 e. The fraction of sp³-hybridized carbons (Fsp3) is 0.500. The van der Waals surface area contributed by atoms with E-state index in [1.807, 2.05) is 36.6 Å². The van der Waals surface area contributed by atoms with Gasteiger partial charge in [-0.2, -0.15) is 4.36 Å². The van der Waals surface area contributed by atoms with Crippen molar-refractivity contribution in [2.24, 2.45) is 10.3 Å². The zero-order valence-electron chi connectivity index (χ0n) is 11.4. The van der Waals surface area contributed by atoms with Gasteiger partial charge in [0.15, 0.2) is 6.10 Å². The Labute approximate surface area is 112 Å². The average molecular weight is 267 g/mol. The molecule has 4 heteroatoms. The van der Waals surface area contributed by atoms with Gasteiger partial charge in [0.1, 0.15) is 0 Å². The highest BCUT2D eigenvalue weighted by molar-refractivity contribution is 7.86. The zero-order chi connectivity index (χ0) is 13.5. The van der Waals surface area contributed by atoms with Crippen LogP contribution in [-0.4, -0.2) is 25.0 Å². The average Bonchev–Trinajstić information content (AvgIpc) is 2.29. The van der Waals surface area contributed by atoms with Crippen LogP contribution in [0.1, 0.15) is 25.5 Å². The molecular weight excluding hydrogens is 246 g/mol. The molecule has 0 bridgehead atoms. The van der Waals surface area contributed by atoms with Crippen molar-refractivity contribution >= 4 is 16.6 Å². The van der Waals surface area contributed by atoms with Crippen molar-refractivity contribution in [3.63, 3.8) is 0 Å². The molecule has 1 aromatic carbocycles. The van der Waals surface area contributed by atoms with Crippen LogP contribution in [0.4, 0.5) is 0 Å². The molecule has 18 heavy (non-hydrogen) atoms. The van der Waals surface area contributed by atoms with Gasteiger partial charge in [0, 0.05) is 12.9 Å². The first-order chi connectivity index (χ1) is 8.54. The molecule has 1 aromatic rings. The number of amides is 1. The van der Waals surface area contributed by atoms with Crippen molar-refractivity contribution in [1.29, 1.82) is 0 Å². The number of carbonyl (C=O) groups is 1. The molecule has 0 fully saturated rings. The van der Waals surface area contributed by atoms with Crippen molar-refractivity contribution in [2.75, 3.05) is 19.1 Å². The molecule has 0 spiro atoms. The molecule has 0 heterocycles. The predicted molar refractivity (Wildman–Crippen MR) is 76.6 cm³/mol. The minimum atomic E-state index is -0.576. The number of rotatable bonds is 5. The number of methoxy groups -OCH3 is 1. The number of carbonyl (C=O) groups excluding carboxylic acids is 1. The van der Waals surface area contributed by atoms with Gasteiger partial charge in [-0.3, -0.25) is 4.79 Å².